The minimum atomic E-state index is -4.61. The monoisotopic (exact) mass is 307 g/mol. The van der Waals surface area contributed by atoms with Gasteiger partial charge < -0.3 is 5.32 Å². The van der Waals surface area contributed by atoms with Crippen molar-refractivity contribution in [2.45, 2.75) is 70.3 Å². The molecule has 4 rings (SSSR count). The molecule has 4 saturated carbocycles. The van der Waals surface area contributed by atoms with Gasteiger partial charge in [-0.05, 0) is 55.3 Å². The number of amides is 1. The Morgan fingerprint density at radius 3 is 2.05 bits per heavy atom. The Labute approximate surface area is 121 Å². The van der Waals surface area contributed by atoms with Crippen LogP contribution in [-0.2, 0) is 4.79 Å². The predicted octanol–water partition coefficient (Wildman–Crippen LogP) is 3.75. The minimum absolute atomic E-state index is 0.0293. The van der Waals surface area contributed by atoms with E-state index in [1.165, 1.54) is 0 Å². The SMILES string of the molecule is CC12CC3CC(C)(C1)CC(NC(=O)C(F)(F)C(F)F)(C3)C2. The molecule has 2 nitrogen and oxygen atoms in total. The highest BCUT2D eigenvalue weighted by atomic mass is 19.3. The first-order valence-electron chi connectivity index (χ1n) is 7.46. The molecule has 6 heteroatoms. The highest BCUT2D eigenvalue weighted by Crippen LogP contribution is 2.66. The summed E-state index contributed by atoms with van der Waals surface area (Å²) in [6.07, 6.45) is 1.05. The molecule has 0 saturated heterocycles. The Morgan fingerprint density at radius 2 is 1.62 bits per heavy atom. The molecule has 120 valence electrons. The highest BCUT2D eigenvalue weighted by Gasteiger charge is 2.62. The maximum Gasteiger partial charge on any atom is 0.383 e. The molecule has 21 heavy (non-hydrogen) atoms. The summed E-state index contributed by atoms with van der Waals surface area (Å²) in [5.41, 5.74) is -0.665. The topological polar surface area (TPSA) is 29.1 Å². The van der Waals surface area contributed by atoms with Crippen LogP contribution in [0.3, 0.4) is 0 Å². The van der Waals surface area contributed by atoms with E-state index in [1.54, 1.807) is 0 Å². The van der Waals surface area contributed by atoms with Crippen LogP contribution < -0.4 is 5.32 Å². The van der Waals surface area contributed by atoms with Crippen LogP contribution >= 0.6 is 0 Å². The Kier molecular flexibility index (Phi) is 2.97. The summed E-state index contributed by atoms with van der Waals surface area (Å²) in [6, 6.07) is 0. The van der Waals surface area contributed by atoms with E-state index in [2.05, 4.69) is 19.2 Å². The lowest BCUT2D eigenvalue weighted by atomic mass is 9.43. The molecular formula is C15H21F4NO. The summed E-state index contributed by atoms with van der Waals surface area (Å²) >= 11 is 0. The van der Waals surface area contributed by atoms with E-state index in [1.807, 2.05) is 0 Å². The van der Waals surface area contributed by atoms with Crippen molar-refractivity contribution >= 4 is 5.91 Å². The summed E-state index contributed by atoms with van der Waals surface area (Å²) in [6.45, 7) is 4.25. The van der Waals surface area contributed by atoms with Gasteiger partial charge in [0.05, 0.1) is 0 Å². The van der Waals surface area contributed by atoms with Crippen molar-refractivity contribution in [1.82, 2.24) is 5.32 Å². The van der Waals surface area contributed by atoms with Crippen LogP contribution in [0.1, 0.15) is 52.4 Å². The van der Waals surface area contributed by atoms with Gasteiger partial charge in [-0.2, -0.15) is 8.78 Å². The Morgan fingerprint density at radius 1 is 1.10 bits per heavy atom. The minimum Gasteiger partial charge on any atom is -0.345 e. The lowest BCUT2D eigenvalue weighted by molar-refractivity contribution is -0.178. The third-order valence-corrected chi connectivity index (χ3v) is 5.58. The summed E-state index contributed by atoms with van der Waals surface area (Å²) in [4.78, 5) is 11.7. The Hall–Kier alpha value is -0.810. The highest BCUT2D eigenvalue weighted by molar-refractivity contribution is 5.84. The Bertz CT molecular complexity index is 460. The van der Waals surface area contributed by atoms with E-state index in [-0.39, 0.29) is 10.8 Å². The summed E-state index contributed by atoms with van der Waals surface area (Å²) in [5.74, 6) is -6.02. The van der Waals surface area contributed by atoms with Crippen molar-refractivity contribution in [3.63, 3.8) is 0 Å². The quantitative estimate of drug-likeness (QED) is 0.791. The first-order chi connectivity index (χ1) is 9.48. The van der Waals surface area contributed by atoms with Gasteiger partial charge >= 0.3 is 12.3 Å². The third-order valence-electron chi connectivity index (χ3n) is 5.58. The van der Waals surface area contributed by atoms with Gasteiger partial charge in [0, 0.05) is 5.54 Å². The molecule has 4 aliphatic carbocycles. The second-order valence-electron chi connectivity index (χ2n) is 8.29. The van der Waals surface area contributed by atoms with E-state index < -0.39 is 23.8 Å². The molecule has 1 N–H and O–H groups in total. The summed E-state index contributed by atoms with van der Waals surface area (Å²) in [5, 5.41) is 2.33. The second-order valence-corrected chi connectivity index (χ2v) is 8.29. The number of halogens is 4. The molecule has 0 spiro atoms. The molecule has 4 aliphatic rings. The van der Waals surface area contributed by atoms with Gasteiger partial charge in [-0.25, -0.2) is 8.78 Å². The van der Waals surface area contributed by atoms with Crippen LogP contribution in [0, 0.1) is 16.7 Å². The van der Waals surface area contributed by atoms with Gasteiger partial charge in [-0.15, -0.1) is 0 Å². The normalized spacial score (nSPS) is 45.2. The standard InChI is InChI=1S/C15H21F4NO/c1-12-3-9-4-13(2,6-12)8-14(5-9,7-12)20-11(21)15(18,19)10(16)17/h9-10H,3-8H2,1-2H3,(H,20,21). The first kappa shape index (κ1) is 15.1. The molecule has 0 radical (unpaired) electrons. The van der Waals surface area contributed by atoms with Crippen LogP contribution in [0.2, 0.25) is 0 Å². The number of hydrogen-bond donors (Lipinski definition) is 1. The number of carbonyl (C=O) groups is 1. The van der Waals surface area contributed by atoms with Crippen LogP contribution in [0.4, 0.5) is 17.6 Å². The molecule has 0 heterocycles. The number of rotatable bonds is 3. The van der Waals surface area contributed by atoms with E-state index in [4.69, 9.17) is 0 Å². The first-order valence-corrected chi connectivity index (χ1v) is 7.46. The third kappa shape index (κ3) is 2.34. The smallest absolute Gasteiger partial charge is 0.345 e. The van der Waals surface area contributed by atoms with Crippen molar-refractivity contribution in [3.8, 4) is 0 Å². The van der Waals surface area contributed by atoms with Crippen molar-refractivity contribution in [2.24, 2.45) is 16.7 Å². The van der Waals surface area contributed by atoms with E-state index in [9.17, 15) is 22.4 Å². The van der Waals surface area contributed by atoms with E-state index >= 15 is 0 Å². The van der Waals surface area contributed by atoms with Crippen molar-refractivity contribution < 1.29 is 22.4 Å². The molecule has 4 fully saturated rings. The fraction of sp³-hybridized carbons (Fsp3) is 0.933. The molecule has 2 atom stereocenters. The van der Waals surface area contributed by atoms with Crippen molar-refractivity contribution in [3.05, 3.63) is 0 Å². The van der Waals surface area contributed by atoms with Gasteiger partial charge in [0.1, 0.15) is 0 Å². The zero-order valence-electron chi connectivity index (χ0n) is 12.3. The van der Waals surface area contributed by atoms with Crippen LogP contribution in [0.5, 0.6) is 0 Å². The van der Waals surface area contributed by atoms with Crippen LogP contribution in [0.25, 0.3) is 0 Å². The van der Waals surface area contributed by atoms with Gasteiger partial charge in [0.15, 0.2) is 0 Å². The van der Waals surface area contributed by atoms with Gasteiger partial charge in [0.25, 0.3) is 5.91 Å². The second kappa shape index (κ2) is 4.13. The molecule has 0 aromatic rings. The number of alkyl halides is 4. The summed E-state index contributed by atoms with van der Waals surface area (Å²) in [7, 11) is 0. The maximum absolute atomic E-state index is 13.3. The lowest BCUT2D eigenvalue weighted by Crippen LogP contribution is -2.67. The van der Waals surface area contributed by atoms with E-state index in [0.717, 1.165) is 19.3 Å². The van der Waals surface area contributed by atoms with Gasteiger partial charge in [-0.1, -0.05) is 13.8 Å². The molecule has 0 aliphatic heterocycles. The largest absolute Gasteiger partial charge is 0.383 e. The average molecular weight is 307 g/mol. The molecular weight excluding hydrogens is 286 g/mol. The van der Waals surface area contributed by atoms with Gasteiger partial charge in [0.2, 0.25) is 0 Å². The van der Waals surface area contributed by atoms with E-state index in [0.29, 0.717) is 25.2 Å². The Balaban J connectivity index is 1.84. The van der Waals surface area contributed by atoms with Gasteiger partial charge in [-0.3, -0.25) is 4.79 Å². The van der Waals surface area contributed by atoms with Crippen LogP contribution in [0.15, 0.2) is 0 Å². The number of nitrogens with one attached hydrogen (secondary N) is 1. The zero-order chi connectivity index (χ0) is 15.7. The molecule has 0 aromatic heterocycles. The van der Waals surface area contributed by atoms with Crippen molar-refractivity contribution in [1.29, 1.82) is 0 Å². The molecule has 4 bridgehead atoms. The molecule has 2 unspecified atom stereocenters. The lowest BCUT2D eigenvalue weighted by Gasteiger charge is -2.65. The molecule has 1 amide bonds. The number of carbonyl (C=O) groups excluding carboxylic acids is 1. The number of hydrogen-bond acceptors (Lipinski definition) is 1. The molecule has 0 aromatic carbocycles. The zero-order valence-corrected chi connectivity index (χ0v) is 12.3. The fourth-order valence-corrected chi connectivity index (χ4v) is 6.01. The summed E-state index contributed by atoms with van der Waals surface area (Å²) < 4.78 is 51.2. The predicted molar refractivity (Wildman–Crippen MR) is 69.2 cm³/mol. The van der Waals surface area contributed by atoms with Crippen LogP contribution in [-0.4, -0.2) is 23.8 Å². The average Bonchev–Trinajstić information content (AvgIpc) is 2.22. The van der Waals surface area contributed by atoms with Crippen molar-refractivity contribution in [2.75, 3.05) is 0 Å². The maximum atomic E-state index is 13.3. The fourth-order valence-electron chi connectivity index (χ4n) is 6.01.